The zero-order valence-electron chi connectivity index (χ0n) is 10.7. The average Bonchev–Trinajstić information content (AvgIpc) is 2.72. The summed E-state index contributed by atoms with van der Waals surface area (Å²) in [7, 11) is 1.65. The van der Waals surface area contributed by atoms with Gasteiger partial charge in [-0.15, -0.1) is 0 Å². The number of ether oxygens (including phenoxy) is 1. The van der Waals surface area contributed by atoms with Gasteiger partial charge in [0, 0.05) is 25.8 Å². The molecule has 0 heterocycles. The molecule has 1 atom stereocenters. The van der Waals surface area contributed by atoms with Gasteiger partial charge in [0.1, 0.15) is 0 Å². The molecule has 2 rings (SSSR count). The molecule has 0 saturated heterocycles. The SMILES string of the molecule is COCCCC(=O)NC1CCc2cc(N)ccc21. The van der Waals surface area contributed by atoms with Gasteiger partial charge >= 0.3 is 0 Å². The fourth-order valence-corrected chi connectivity index (χ4v) is 2.43. The molecular weight excluding hydrogens is 228 g/mol. The van der Waals surface area contributed by atoms with Crippen molar-refractivity contribution in [1.82, 2.24) is 5.32 Å². The maximum Gasteiger partial charge on any atom is 0.220 e. The van der Waals surface area contributed by atoms with Crippen LogP contribution in [0.2, 0.25) is 0 Å². The van der Waals surface area contributed by atoms with Gasteiger partial charge in [-0.2, -0.15) is 0 Å². The molecular formula is C14H20N2O2. The van der Waals surface area contributed by atoms with Crippen LogP contribution in [-0.2, 0) is 16.0 Å². The summed E-state index contributed by atoms with van der Waals surface area (Å²) in [4.78, 5) is 11.8. The van der Waals surface area contributed by atoms with E-state index in [-0.39, 0.29) is 11.9 Å². The molecule has 0 radical (unpaired) electrons. The van der Waals surface area contributed by atoms with Gasteiger partial charge in [0.05, 0.1) is 6.04 Å². The van der Waals surface area contributed by atoms with E-state index in [9.17, 15) is 4.79 Å². The molecule has 0 spiro atoms. The number of amides is 1. The minimum absolute atomic E-state index is 0.0988. The Morgan fingerprint density at radius 3 is 3.17 bits per heavy atom. The van der Waals surface area contributed by atoms with Crippen LogP contribution in [0, 0.1) is 0 Å². The monoisotopic (exact) mass is 248 g/mol. The van der Waals surface area contributed by atoms with Gasteiger partial charge in [-0.3, -0.25) is 4.79 Å². The Hall–Kier alpha value is -1.55. The maximum absolute atomic E-state index is 11.8. The van der Waals surface area contributed by atoms with Crippen molar-refractivity contribution in [3.63, 3.8) is 0 Å². The highest BCUT2D eigenvalue weighted by atomic mass is 16.5. The van der Waals surface area contributed by atoms with Crippen molar-refractivity contribution < 1.29 is 9.53 Å². The second-order valence-electron chi connectivity index (χ2n) is 4.71. The molecule has 1 amide bonds. The van der Waals surface area contributed by atoms with Crippen LogP contribution in [0.15, 0.2) is 18.2 Å². The second-order valence-corrected chi connectivity index (χ2v) is 4.71. The lowest BCUT2D eigenvalue weighted by atomic mass is 10.1. The van der Waals surface area contributed by atoms with Crippen molar-refractivity contribution in [2.75, 3.05) is 19.5 Å². The normalized spacial score (nSPS) is 17.5. The number of nitrogens with one attached hydrogen (secondary N) is 1. The molecule has 4 heteroatoms. The number of hydrogen-bond acceptors (Lipinski definition) is 3. The topological polar surface area (TPSA) is 64.3 Å². The molecule has 0 aromatic heterocycles. The van der Waals surface area contributed by atoms with E-state index in [1.165, 1.54) is 11.1 Å². The van der Waals surface area contributed by atoms with E-state index in [1.807, 2.05) is 18.2 Å². The maximum atomic E-state index is 11.8. The van der Waals surface area contributed by atoms with Crippen LogP contribution in [0.3, 0.4) is 0 Å². The molecule has 1 aromatic carbocycles. The Bertz CT molecular complexity index is 432. The van der Waals surface area contributed by atoms with E-state index in [2.05, 4.69) is 5.32 Å². The average molecular weight is 248 g/mol. The summed E-state index contributed by atoms with van der Waals surface area (Å²) in [6.07, 6.45) is 3.25. The first-order valence-electron chi connectivity index (χ1n) is 6.37. The van der Waals surface area contributed by atoms with E-state index in [0.717, 1.165) is 24.9 Å². The van der Waals surface area contributed by atoms with Gasteiger partial charge in [0.2, 0.25) is 5.91 Å². The lowest BCUT2D eigenvalue weighted by molar-refractivity contribution is -0.122. The number of anilines is 1. The summed E-state index contributed by atoms with van der Waals surface area (Å²) in [6, 6.07) is 6.08. The fourth-order valence-electron chi connectivity index (χ4n) is 2.43. The van der Waals surface area contributed by atoms with Gasteiger partial charge in [0.25, 0.3) is 0 Å². The summed E-state index contributed by atoms with van der Waals surface area (Å²) in [5.41, 5.74) is 9.02. The lowest BCUT2D eigenvalue weighted by Gasteiger charge is -2.14. The number of methoxy groups -OCH3 is 1. The first-order chi connectivity index (χ1) is 8.70. The summed E-state index contributed by atoms with van der Waals surface area (Å²) in [5.74, 6) is 0.0988. The Morgan fingerprint density at radius 2 is 2.39 bits per heavy atom. The van der Waals surface area contributed by atoms with Crippen LogP contribution >= 0.6 is 0 Å². The number of carbonyl (C=O) groups is 1. The molecule has 18 heavy (non-hydrogen) atoms. The number of carbonyl (C=O) groups excluding carboxylic acids is 1. The van der Waals surface area contributed by atoms with Crippen LogP contribution in [-0.4, -0.2) is 19.6 Å². The lowest BCUT2D eigenvalue weighted by Crippen LogP contribution is -2.27. The number of nitrogen functional groups attached to an aromatic ring is 1. The number of aryl methyl sites for hydroxylation is 1. The van der Waals surface area contributed by atoms with Crippen molar-refractivity contribution in [2.24, 2.45) is 0 Å². The third kappa shape index (κ3) is 3.01. The van der Waals surface area contributed by atoms with Crippen LogP contribution in [0.5, 0.6) is 0 Å². The first kappa shape index (κ1) is 12.9. The van der Waals surface area contributed by atoms with Gasteiger partial charge < -0.3 is 15.8 Å². The minimum Gasteiger partial charge on any atom is -0.399 e. The molecule has 1 aliphatic carbocycles. The van der Waals surface area contributed by atoms with Crippen LogP contribution < -0.4 is 11.1 Å². The standard InChI is InChI=1S/C14H20N2O2/c1-18-8-2-3-14(17)16-13-7-4-10-9-11(15)5-6-12(10)13/h5-6,9,13H,2-4,7-8,15H2,1H3,(H,16,17). The largest absolute Gasteiger partial charge is 0.399 e. The number of rotatable bonds is 5. The minimum atomic E-state index is 0.0988. The molecule has 0 bridgehead atoms. The summed E-state index contributed by atoms with van der Waals surface area (Å²) in [5, 5.41) is 3.08. The molecule has 3 N–H and O–H groups in total. The van der Waals surface area contributed by atoms with Crippen LogP contribution in [0.4, 0.5) is 5.69 Å². The van der Waals surface area contributed by atoms with E-state index in [1.54, 1.807) is 7.11 Å². The second kappa shape index (κ2) is 5.87. The molecule has 1 aromatic rings. The summed E-state index contributed by atoms with van der Waals surface area (Å²) < 4.78 is 4.94. The van der Waals surface area contributed by atoms with Crippen LogP contribution in [0.25, 0.3) is 0 Å². The molecule has 0 aliphatic heterocycles. The van der Waals surface area contributed by atoms with Crippen LogP contribution in [0.1, 0.15) is 36.4 Å². The number of benzene rings is 1. The van der Waals surface area contributed by atoms with Crippen molar-refractivity contribution in [3.05, 3.63) is 29.3 Å². The predicted octanol–water partition coefficient (Wildman–Crippen LogP) is 1.80. The third-order valence-electron chi connectivity index (χ3n) is 3.33. The van der Waals surface area contributed by atoms with E-state index < -0.39 is 0 Å². The molecule has 1 aliphatic rings. The zero-order chi connectivity index (χ0) is 13.0. The van der Waals surface area contributed by atoms with E-state index >= 15 is 0 Å². The van der Waals surface area contributed by atoms with E-state index in [0.29, 0.717) is 13.0 Å². The molecule has 0 fully saturated rings. The third-order valence-corrected chi connectivity index (χ3v) is 3.33. The fraction of sp³-hybridized carbons (Fsp3) is 0.500. The van der Waals surface area contributed by atoms with E-state index in [4.69, 9.17) is 10.5 Å². The smallest absolute Gasteiger partial charge is 0.220 e. The number of nitrogens with two attached hydrogens (primary N) is 1. The first-order valence-corrected chi connectivity index (χ1v) is 6.37. The Kier molecular flexibility index (Phi) is 4.20. The van der Waals surface area contributed by atoms with Gasteiger partial charge in [-0.1, -0.05) is 6.07 Å². The Labute approximate surface area is 108 Å². The molecule has 4 nitrogen and oxygen atoms in total. The number of hydrogen-bond donors (Lipinski definition) is 2. The highest BCUT2D eigenvalue weighted by Crippen LogP contribution is 2.32. The summed E-state index contributed by atoms with van der Waals surface area (Å²) >= 11 is 0. The number of fused-ring (bicyclic) bond motifs is 1. The highest BCUT2D eigenvalue weighted by molar-refractivity contribution is 5.76. The Morgan fingerprint density at radius 1 is 1.56 bits per heavy atom. The van der Waals surface area contributed by atoms with Crippen molar-refractivity contribution in [2.45, 2.75) is 31.7 Å². The molecule has 98 valence electrons. The highest BCUT2D eigenvalue weighted by Gasteiger charge is 2.23. The van der Waals surface area contributed by atoms with Gasteiger partial charge in [0.15, 0.2) is 0 Å². The van der Waals surface area contributed by atoms with Crippen molar-refractivity contribution in [1.29, 1.82) is 0 Å². The quantitative estimate of drug-likeness (QED) is 0.617. The molecule has 0 saturated carbocycles. The zero-order valence-corrected chi connectivity index (χ0v) is 10.7. The van der Waals surface area contributed by atoms with Gasteiger partial charge in [-0.25, -0.2) is 0 Å². The Balaban J connectivity index is 1.91. The van der Waals surface area contributed by atoms with Crippen molar-refractivity contribution in [3.8, 4) is 0 Å². The summed E-state index contributed by atoms with van der Waals surface area (Å²) in [6.45, 7) is 0.630. The molecule has 1 unspecified atom stereocenters. The van der Waals surface area contributed by atoms with Crippen molar-refractivity contribution >= 4 is 11.6 Å². The predicted molar refractivity (Wildman–Crippen MR) is 71.2 cm³/mol. The van der Waals surface area contributed by atoms with Gasteiger partial charge in [-0.05, 0) is 42.5 Å².